The number of rotatable bonds is 2. The Bertz CT molecular complexity index is 556. The van der Waals surface area contributed by atoms with Crippen LogP contribution in [0.4, 0.5) is 0 Å². The number of hydrogen-bond acceptors (Lipinski definition) is 2. The maximum Gasteiger partial charge on any atom is 0.164 e. The van der Waals surface area contributed by atoms with Gasteiger partial charge in [-0.1, -0.05) is 23.7 Å². The Kier molecular flexibility index (Phi) is 3.64. The first-order chi connectivity index (χ1) is 8.43. The molecule has 0 atom stereocenters. The van der Waals surface area contributed by atoms with Crippen LogP contribution in [0.3, 0.4) is 0 Å². The third-order valence-corrected chi connectivity index (χ3v) is 3.08. The fraction of sp³-hybridized carbons (Fsp3) is 0.385. The van der Waals surface area contributed by atoms with Crippen molar-refractivity contribution >= 4 is 23.2 Å². The third-order valence-electron chi connectivity index (χ3n) is 2.60. The van der Waals surface area contributed by atoms with E-state index in [0.717, 1.165) is 17.2 Å². The van der Waals surface area contributed by atoms with Gasteiger partial charge in [0.15, 0.2) is 5.82 Å². The lowest BCUT2D eigenvalue weighted by molar-refractivity contribution is 0.390. The quantitative estimate of drug-likeness (QED) is 0.777. The monoisotopic (exact) mass is 283 g/mol. The molecule has 0 aliphatic carbocycles. The van der Waals surface area contributed by atoms with Crippen LogP contribution in [0.2, 0.25) is 5.02 Å². The topological polar surface area (TPSA) is 30.7 Å². The molecule has 0 unspecified atom stereocenters. The summed E-state index contributed by atoms with van der Waals surface area (Å²) in [5.41, 5.74) is 0.812. The number of benzene rings is 1. The first kappa shape index (κ1) is 13.4. The minimum atomic E-state index is -0.134. The number of alkyl halides is 1. The number of halogens is 2. The highest BCUT2D eigenvalue weighted by Gasteiger charge is 2.23. The van der Waals surface area contributed by atoms with E-state index in [1.165, 1.54) is 0 Å². The van der Waals surface area contributed by atoms with E-state index in [1.54, 1.807) is 0 Å². The average Bonchev–Trinajstić information content (AvgIpc) is 2.72. The molecule has 2 aromatic rings. The molecule has 0 aliphatic heterocycles. The first-order valence-corrected chi connectivity index (χ1v) is 6.61. The number of hydrogen-bond donors (Lipinski definition) is 0. The lowest BCUT2D eigenvalue weighted by atomic mass is 10.1. The molecule has 0 N–H and O–H groups in total. The van der Waals surface area contributed by atoms with Crippen LogP contribution < -0.4 is 0 Å². The van der Waals surface area contributed by atoms with Crippen LogP contribution in [0.1, 0.15) is 26.6 Å². The van der Waals surface area contributed by atoms with E-state index < -0.39 is 0 Å². The van der Waals surface area contributed by atoms with Crippen molar-refractivity contribution in [3.8, 4) is 11.4 Å². The number of aromatic nitrogens is 3. The van der Waals surface area contributed by atoms with Gasteiger partial charge in [0.05, 0.1) is 5.88 Å². The lowest BCUT2D eigenvalue weighted by Crippen LogP contribution is -2.24. The Labute approximate surface area is 117 Å². The van der Waals surface area contributed by atoms with E-state index in [0.29, 0.717) is 10.9 Å². The van der Waals surface area contributed by atoms with E-state index >= 15 is 0 Å². The Morgan fingerprint density at radius 1 is 1.22 bits per heavy atom. The molecule has 0 bridgehead atoms. The SMILES string of the molecule is CC(C)(C)n1c(CCl)nnc1-c1cccc(Cl)c1. The summed E-state index contributed by atoms with van der Waals surface area (Å²) in [5, 5.41) is 9.06. The fourth-order valence-corrected chi connectivity index (χ4v) is 2.29. The molecule has 3 nitrogen and oxygen atoms in total. The molecule has 5 heteroatoms. The van der Waals surface area contributed by atoms with Gasteiger partial charge in [0.2, 0.25) is 0 Å². The molecule has 0 saturated carbocycles. The van der Waals surface area contributed by atoms with E-state index in [4.69, 9.17) is 23.2 Å². The number of nitrogens with zero attached hydrogens (tertiary/aromatic N) is 3. The van der Waals surface area contributed by atoms with Crippen molar-refractivity contribution in [3.05, 3.63) is 35.1 Å². The molecule has 0 aliphatic rings. The molecule has 18 heavy (non-hydrogen) atoms. The van der Waals surface area contributed by atoms with E-state index in [9.17, 15) is 0 Å². The molecule has 96 valence electrons. The summed E-state index contributed by atoms with van der Waals surface area (Å²) in [6, 6.07) is 7.59. The van der Waals surface area contributed by atoms with Crippen molar-refractivity contribution < 1.29 is 0 Å². The zero-order chi connectivity index (χ0) is 13.3. The van der Waals surface area contributed by atoms with Crippen molar-refractivity contribution in [2.45, 2.75) is 32.2 Å². The molecule has 1 aromatic carbocycles. The van der Waals surface area contributed by atoms with Crippen LogP contribution in [0.15, 0.2) is 24.3 Å². The highest BCUT2D eigenvalue weighted by atomic mass is 35.5. The zero-order valence-corrected chi connectivity index (χ0v) is 12.1. The van der Waals surface area contributed by atoms with Gasteiger partial charge in [-0.3, -0.25) is 0 Å². The lowest BCUT2D eigenvalue weighted by Gasteiger charge is -2.24. The summed E-state index contributed by atoms with van der Waals surface area (Å²) in [7, 11) is 0. The van der Waals surface area contributed by atoms with Gasteiger partial charge in [-0.05, 0) is 32.9 Å². The van der Waals surface area contributed by atoms with Gasteiger partial charge >= 0.3 is 0 Å². The van der Waals surface area contributed by atoms with E-state index in [1.807, 2.05) is 28.8 Å². The van der Waals surface area contributed by atoms with Crippen LogP contribution in [0.5, 0.6) is 0 Å². The molecule has 0 saturated heterocycles. The van der Waals surface area contributed by atoms with Crippen LogP contribution in [-0.2, 0) is 11.4 Å². The van der Waals surface area contributed by atoms with Gasteiger partial charge in [-0.25, -0.2) is 0 Å². The Hall–Kier alpha value is -1.06. The smallest absolute Gasteiger partial charge is 0.164 e. The van der Waals surface area contributed by atoms with Crippen molar-refractivity contribution in [1.82, 2.24) is 14.8 Å². The van der Waals surface area contributed by atoms with Crippen LogP contribution >= 0.6 is 23.2 Å². The summed E-state index contributed by atoms with van der Waals surface area (Å²) in [6.07, 6.45) is 0. The fourth-order valence-electron chi connectivity index (χ4n) is 1.92. The van der Waals surface area contributed by atoms with Gasteiger partial charge in [0, 0.05) is 16.1 Å². The molecular weight excluding hydrogens is 269 g/mol. The highest BCUT2D eigenvalue weighted by Crippen LogP contribution is 2.28. The largest absolute Gasteiger partial charge is 0.305 e. The molecule has 0 radical (unpaired) electrons. The first-order valence-electron chi connectivity index (χ1n) is 5.70. The highest BCUT2D eigenvalue weighted by molar-refractivity contribution is 6.30. The zero-order valence-electron chi connectivity index (χ0n) is 10.6. The van der Waals surface area contributed by atoms with Crippen LogP contribution in [-0.4, -0.2) is 14.8 Å². The van der Waals surface area contributed by atoms with Gasteiger partial charge in [-0.2, -0.15) is 0 Å². The van der Waals surface area contributed by atoms with Gasteiger partial charge < -0.3 is 4.57 Å². The normalized spacial score (nSPS) is 11.8. The van der Waals surface area contributed by atoms with Crippen molar-refractivity contribution in [3.63, 3.8) is 0 Å². The predicted molar refractivity (Wildman–Crippen MR) is 75.0 cm³/mol. The maximum atomic E-state index is 6.02. The summed E-state index contributed by atoms with van der Waals surface area (Å²) in [6.45, 7) is 6.29. The minimum absolute atomic E-state index is 0.134. The van der Waals surface area contributed by atoms with Crippen molar-refractivity contribution in [1.29, 1.82) is 0 Å². The van der Waals surface area contributed by atoms with Crippen LogP contribution in [0.25, 0.3) is 11.4 Å². The van der Waals surface area contributed by atoms with Gasteiger partial charge in [-0.15, -0.1) is 21.8 Å². The van der Waals surface area contributed by atoms with E-state index in [2.05, 4.69) is 31.0 Å². The van der Waals surface area contributed by atoms with Gasteiger partial charge in [0.25, 0.3) is 0 Å². The summed E-state index contributed by atoms with van der Waals surface area (Å²) < 4.78 is 2.05. The second-order valence-electron chi connectivity index (χ2n) is 5.09. The minimum Gasteiger partial charge on any atom is -0.305 e. The molecule has 2 rings (SSSR count). The Morgan fingerprint density at radius 2 is 1.94 bits per heavy atom. The average molecular weight is 284 g/mol. The molecule has 1 heterocycles. The summed E-state index contributed by atoms with van der Waals surface area (Å²) >= 11 is 11.9. The Balaban J connectivity index is 2.62. The molecule has 1 aromatic heterocycles. The van der Waals surface area contributed by atoms with E-state index in [-0.39, 0.29) is 5.54 Å². The summed E-state index contributed by atoms with van der Waals surface area (Å²) in [4.78, 5) is 0. The molecule has 0 amide bonds. The van der Waals surface area contributed by atoms with Crippen molar-refractivity contribution in [2.24, 2.45) is 0 Å². The molecular formula is C13H15Cl2N3. The van der Waals surface area contributed by atoms with Gasteiger partial charge in [0.1, 0.15) is 5.82 Å². The van der Waals surface area contributed by atoms with Crippen LogP contribution in [0, 0.1) is 0 Å². The second kappa shape index (κ2) is 4.90. The maximum absolute atomic E-state index is 6.02. The summed E-state index contributed by atoms with van der Waals surface area (Å²) in [5.74, 6) is 1.89. The third kappa shape index (κ3) is 2.52. The standard InChI is InChI=1S/C13H15Cl2N3/c1-13(2,3)18-11(8-14)16-17-12(18)9-5-4-6-10(15)7-9/h4-7H,8H2,1-3H3. The second-order valence-corrected chi connectivity index (χ2v) is 5.79. The predicted octanol–water partition coefficient (Wildman–Crippen LogP) is 4.09. The molecule has 0 fully saturated rings. The Morgan fingerprint density at radius 3 is 2.50 bits per heavy atom. The molecule has 0 spiro atoms. The van der Waals surface area contributed by atoms with Crippen molar-refractivity contribution in [2.75, 3.05) is 0 Å².